The number of aromatic nitrogens is 3. The van der Waals surface area contributed by atoms with E-state index >= 15 is 0 Å². The average Bonchev–Trinajstić information content (AvgIpc) is 2.89. The van der Waals surface area contributed by atoms with Gasteiger partial charge >= 0.3 is 5.97 Å². The van der Waals surface area contributed by atoms with Crippen molar-refractivity contribution in [1.29, 1.82) is 0 Å². The summed E-state index contributed by atoms with van der Waals surface area (Å²) >= 11 is 1.58. The van der Waals surface area contributed by atoms with Crippen LogP contribution >= 0.6 is 11.3 Å². The van der Waals surface area contributed by atoms with Crippen molar-refractivity contribution in [2.75, 3.05) is 0 Å². The highest BCUT2D eigenvalue weighted by Crippen LogP contribution is 2.37. The molecule has 2 aromatic heterocycles. The summed E-state index contributed by atoms with van der Waals surface area (Å²) in [5.41, 5.74) is 1.47. The van der Waals surface area contributed by atoms with Crippen molar-refractivity contribution < 1.29 is 9.90 Å². The van der Waals surface area contributed by atoms with Crippen molar-refractivity contribution >= 4 is 17.3 Å². The van der Waals surface area contributed by atoms with Crippen molar-refractivity contribution in [2.45, 2.75) is 39.5 Å². The lowest BCUT2D eigenvalue weighted by atomic mass is 9.95. The van der Waals surface area contributed by atoms with E-state index in [1.54, 1.807) is 11.3 Å². The standard InChI is InChI=1S/C13H15N3O2S/c1-7-14-15-8(2)16(7)12-11(13(17)18)9-5-3-4-6-10(9)19-12/h3-6H2,1-2H3,(H,17,18). The Balaban J connectivity index is 2.27. The Hall–Kier alpha value is -1.69. The van der Waals surface area contributed by atoms with E-state index in [0.717, 1.165) is 47.9 Å². The minimum Gasteiger partial charge on any atom is -0.478 e. The number of fused-ring (bicyclic) bond motifs is 1. The van der Waals surface area contributed by atoms with Crippen LogP contribution in [0.2, 0.25) is 0 Å². The van der Waals surface area contributed by atoms with Gasteiger partial charge in [-0.1, -0.05) is 0 Å². The zero-order chi connectivity index (χ0) is 13.6. The lowest BCUT2D eigenvalue weighted by Gasteiger charge is -2.10. The largest absolute Gasteiger partial charge is 0.478 e. The van der Waals surface area contributed by atoms with Crippen LogP contribution in [0.25, 0.3) is 5.00 Å². The van der Waals surface area contributed by atoms with Gasteiger partial charge in [0.25, 0.3) is 0 Å². The number of hydrogen-bond acceptors (Lipinski definition) is 4. The number of aromatic carboxylic acids is 1. The Kier molecular flexibility index (Phi) is 2.89. The predicted molar refractivity (Wildman–Crippen MR) is 72.3 cm³/mol. The zero-order valence-corrected chi connectivity index (χ0v) is 11.8. The summed E-state index contributed by atoms with van der Waals surface area (Å²) in [6, 6.07) is 0. The van der Waals surface area contributed by atoms with E-state index in [2.05, 4.69) is 10.2 Å². The SMILES string of the molecule is Cc1nnc(C)n1-c1sc2c(c1C(=O)O)CCCC2. The molecule has 0 unspecified atom stereocenters. The molecule has 1 N–H and O–H groups in total. The Morgan fingerprint density at radius 1 is 1.21 bits per heavy atom. The van der Waals surface area contributed by atoms with Crippen LogP contribution in [0.5, 0.6) is 0 Å². The minimum atomic E-state index is -0.845. The first-order valence-corrected chi connectivity index (χ1v) is 7.18. The number of carboxylic acid groups (broad SMARTS) is 1. The molecule has 0 atom stereocenters. The van der Waals surface area contributed by atoms with Crippen LogP contribution in [0.15, 0.2) is 0 Å². The Labute approximate surface area is 114 Å². The fraction of sp³-hybridized carbons (Fsp3) is 0.462. The van der Waals surface area contributed by atoms with Gasteiger partial charge in [-0.05, 0) is 45.1 Å². The molecule has 6 heteroatoms. The van der Waals surface area contributed by atoms with Gasteiger partial charge in [0.2, 0.25) is 0 Å². The zero-order valence-electron chi connectivity index (χ0n) is 10.9. The highest BCUT2D eigenvalue weighted by atomic mass is 32.1. The third-order valence-electron chi connectivity index (χ3n) is 3.56. The molecule has 0 saturated carbocycles. The maximum Gasteiger partial charge on any atom is 0.339 e. The molecular weight excluding hydrogens is 262 g/mol. The third-order valence-corrected chi connectivity index (χ3v) is 4.83. The van der Waals surface area contributed by atoms with Gasteiger partial charge in [-0.25, -0.2) is 4.79 Å². The number of carboxylic acids is 1. The first-order valence-electron chi connectivity index (χ1n) is 6.36. The number of rotatable bonds is 2. The van der Waals surface area contributed by atoms with Gasteiger partial charge in [0.05, 0.1) is 5.56 Å². The van der Waals surface area contributed by atoms with Crippen molar-refractivity contribution in [1.82, 2.24) is 14.8 Å². The van der Waals surface area contributed by atoms with Crippen LogP contribution in [0.3, 0.4) is 0 Å². The Morgan fingerprint density at radius 3 is 2.47 bits per heavy atom. The second-order valence-electron chi connectivity index (χ2n) is 4.83. The summed E-state index contributed by atoms with van der Waals surface area (Å²) < 4.78 is 1.85. The molecule has 1 aliphatic carbocycles. The lowest BCUT2D eigenvalue weighted by Crippen LogP contribution is -2.09. The van der Waals surface area contributed by atoms with E-state index in [1.165, 1.54) is 4.88 Å². The summed E-state index contributed by atoms with van der Waals surface area (Å²) in [7, 11) is 0. The van der Waals surface area contributed by atoms with E-state index < -0.39 is 5.97 Å². The molecule has 0 aromatic carbocycles. The molecule has 0 bridgehead atoms. The van der Waals surface area contributed by atoms with Gasteiger partial charge < -0.3 is 5.11 Å². The summed E-state index contributed by atoms with van der Waals surface area (Å²) in [5, 5.41) is 18.4. The molecule has 19 heavy (non-hydrogen) atoms. The molecule has 0 spiro atoms. The van der Waals surface area contributed by atoms with E-state index in [-0.39, 0.29) is 0 Å². The summed E-state index contributed by atoms with van der Waals surface area (Å²) in [4.78, 5) is 12.8. The quantitative estimate of drug-likeness (QED) is 0.916. The summed E-state index contributed by atoms with van der Waals surface area (Å²) in [6.07, 6.45) is 4.07. The maximum absolute atomic E-state index is 11.6. The highest BCUT2D eigenvalue weighted by molar-refractivity contribution is 7.15. The minimum absolute atomic E-state index is 0.450. The van der Waals surface area contributed by atoms with Gasteiger partial charge in [0.15, 0.2) is 0 Å². The predicted octanol–water partition coefficient (Wildman–Crippen LogP) is 2.52. The number of aryl methyl sites for hydroxylation is 3. The molecule has 5 nitrogen and oxygen atoms in total. The van der Waals surface area contributed by atoms with E-state index in [0.29, 0.717) is 5.56 Å². The number of thiophene rings is 1. The van der Waals surface area contributed by atoms with E-state index in [1.807, 2.05) is 18.4 Å². The molecule has 1 aliphatic rings. The van der Waals surface area contributed by atoms with Crippen LogP contribution in [0.4, 0.5) is 0 Å². The topological polar surface area (TPSA) is 68.0 Å². The molecule has 100 valence electrons. The molecule has 0 amide bonds. The first kappa shape index (κ1) is 12.3. The molecule has 0 radical (unpaired) electrons. The van der Waals surface area contributed by atoms with Crippen LogP contribution in [-0.2, 0) is 12.8 Å². The fourth-order valence-electron chi connectivity index (χ4n) is 2.69. The average molecular weight is 277 g/mol. The molecule has 2 aromatic rings. The monoisotopic (exact) mass is 277 g/mol. The number of hydrogen-bond donors (Lipinski definition) is 1. The van der Waals surface area contributed by atoms with Gasteiger partial charge in [0, 0.05) is 4.88 Å². The van der Waals surface area contributed by atoms with Gasteiger partial charge in [-0.2, -0.15) is 0 Å². The van der Waals surface area contributed by atoms with Gasteiger partial charge in [-0.3, -0.25) is 4.57 Å². The Morgan fingerprint density at radius 2 is 1.84 bits per heavy atom. The summed E-state index contributed by atoms with van der Waals surface area (Å²) in [6.45, 7) is 3.70. The van der Waals surface area contributed by atoms with Crippen LogP contribution in [0, 0.1) is 13.8 Å². The number of carbonyl (C=O) groups is 1. The second kappa shape index (κ2) is 4.45. The van der Waals surface area contributed by atoms with Crippen molar-refractivity contribution in [3.63, 3.8) is 0 Å². The van der Waals surface area contributed by atoms with Crippen molar-refractivity contribution in [3.8, 4) is 5.00 Å². The van der Waals surface area contributed by atoms with Crippen LogP contribution < -0.4 is 0 Å². The van der Waals surface area contributed by atoms with Crippen LogP contribution in [0.1, 0.15) is 45.3 Å². The second-order valence-corrected chi connectivity index (χ2v) is 5.91. The lowest BCUT2D eigenvalue weighted by molar-refractivity contribution is 0.0696. The third kappa shape index (κ3) is 1.87. The fourth-order valence-corrected chi connectivity index (χ4v) is 4.17. The van der Waals surface area contributed by atoms with Crippen molar-refractivity contribution in [3.05, 3.63) is 27.7 Å². The molecule has 0 fully saturated rings. The first-order chi connectivity index (χ1) is 9.09. The molecule has 0 saturated heterocycles. The van der Waals surface area contributed by atoms with Gasteiger partial charge in [-0.15, -0.1) is 21.5 Å². The molecular formula is C13H15N3O2S. The Bertz CT molecular complexity index is 638. The van der Waals surface area contributed by atoms with Crippen LogP contribution in [-0.4, -0.2) is 25.8 Å². The molecule has 3 rings (SSSR count). The maximum atomic E-state index is 11.6. The summed E-state index contributed by atoms with van der Waals surface area (Å²) in [5.74, 6) is 0.624. The number of nitrogens with zero attached hydrogens (tertiary/aromatic N) is 3. The van der Waals surface area contributed by atoms with E-state index in [9.17, 15) is 9.90 Å². The van der Waals surface area contributed by atoms with E-state index in [4.69, 9.17) is 0 Å². The highest BCUT2D eigenvalue weighted by Gasteiger charge is 2.27. The molecule has 2 heterocycles. The molecule has 0 aliphatic heterocycles. The smallest absolute Gasteiger partial charge is 0.339 e. The van der Waals surface area contributed by atoms with Crippen molar-refractivity contribution in [2.24, 2.45) is 0 Å². The normalized spacial score (nSPS) is 14.4. The van der Waals surface area contributed by atoms with Gasteiger partial charge in [0.1, 0.15) is 16.6 Å².